The van der Waals surface area contributed by atoms with Gasteiger partial charge in [-0.3, -0.25) is 9.80 Å². The first kappa shape index (κ1) is 15.3. The minimum atomic E-state index is 0.714. The minimum absolute atomic E-state index is 0.714. The molecule has 0 spiro atoms. The number of fused-ring (bicyclic) bond motifs is 1. The van der Waals surface area contributed by atoms with E-state index in [0.29, 0.717) is 6.04 Å². The summed E-state index contributed by atoms with van der Waals surface area (Å²) in [4.78, 5) is 5.47. The Hall–Kier alpha value is -0.570. The Morgan fingerprint density at radius 1 is 1.19 bits per heavy atom. The van der Waals surface area contributed by atoms with Crippen LogP contribution in [0.4, 0.5) is 0 Å². The van der Waals surface area contributed by atoms with Gasteiger partial charge < -0.3 is 0 Å². The van der Waals surface area contributed by atoms with Crippen molar-refractivity contribution < 1.29 is 0 Å². The molecule has 0 aliphatic carbocycles. The van der Waals surface area contributed by atoms with Crippen molar-refractivity contribution in [3.8, 4) is 0 Å². The third-order valence-corrected chi connectivity index (χ3v) is 5.46. The van der Waals surface area contributed by atoms with Gasteiger partial charge in [-0.05, 0) is 49.4 Å². The highest BCUT2D eigenvalue weighted by Crippen LogP contribution is 2.27. The molecule has 2 fully saturated rings. The third-order valence-electron chi connectivity index (χ3n) is 5.21. The highest BCUT2D eigenvalue weighted by Gasteiger charge is 2.36. The molecule has 2 aliphatic rings. The van der Waals surface area contributed by atoms with E-state index in [0.717, 1.165) is 23.4 Å². The molecule has 0 saturated carbocycles. The smallest absolute Gasteiger partial charge is 0.0406 e. The third kappa shape index (κ3) is 3.61. The quantitative estimate of drug-likeness (QED) is 0.837. The number of benzene rings is 1. The molecule has 116 valence electrons. The zero-order chi connectivity index (χ0) is 14.8. The molecule has 0 amide bonds. The van der Waals surface area contributed by atoms with E-state index < -0.39 is 0 Å². The van der Waals surface area contributed by atoms with Crippen molar-refractivity contribution in [3.63, 3.8) is 0 Å². The Balaban J connectivity index is 1.62. The molecular formula is C18H27ClN2. The van der Waals surface area contributed by atoms with Gasteiger partial charge in [0.1, 0.15) is 0 Å². The molecule has 2 heterocycles. The van der Waals surface area contributed by atoms with Crippen LogP contribution in [0, 0.1) is 5.92 Å². The van der Waals surface area contributed by atoms with E-state index in [1.165, 1.54) is 44.6 Å². The van der Waals surface area contributed by atoms with Gasteiger partial charge in [0.2, 0.25) is 0 Å². The van der Waals surface area contributed by atoms with Crippen molar-refractivity contribution in [2.24, 2.45) is 5.92 Å². The van der Waals surface area contributed by atoms with Gasteiger partial charge >= 0.3 is 0 Å². The monoisotopic (exact) mass is 306 g/mol. The summed E-state index contributed by atoms with van der Waals surface area (Å²) in [5.74, 6) is 0.733. The van der Waals surface area contributed by atoms with E-state index in [4.69, 9.17) is 11.6 Å². The Bertz CT molecular complexity index is 457. The van der Waals surface area contributed by atoms with Crippen molar-refractivity contribution in [2.45, 2.75) is 45.2 Å². The molecular weight excluding hydrogens is 280 g/mol. The van der Waals surface area contributed by atoms with E-state index in [9.17, 15) is 0 Å². The fraction of sp³-hybridized carbons (Fsp3) is 0.667. The van der Waals surface area contributed by atoms with E-state index >= 15 is 0 Å². The zero-order valence-corrected chi connectivity index (χ0v) is 14.0. The number of nitrogens with zero attached hydrogens (tertiary/aromatic N) is 2. The lowest BCUT2D eigenvalue weighted by Crippen LogP contribution is -2.58. The Morgan fingerprint density at radius 3 is 2.67 bits per heavy atom. The summed E-state index contributed by atoms with van der Waals surface area (Å²) in [6.45, 7) is 9.76. The fourth-order valence-corrected chi connectivity index (χ4v) is 4.04. The summed E-state index contributed by atoms with van der Waals surface area (Å²) in [6, 6.07) is 9.87. The van der Waals surface area contributed by atoms with Gasteiger partial charge in [-0.1, -0.05) is 37.6 Å². The predicted molar refractivity (Wildman–Crippen MR) is 90.0 cm³/mol. The molecule has 2 nitrogen and oxygen atoms in total. The van der Waals surface area contributed by atoms with Gasteiger partial charge in [0.25, 0.3) is 0 Å². The van der Waals surface area contributed by atoms with Gasteiger partial charge in [-0.25, -0.2) is 0 Å². The molecule has 1 aromatic carbocycles. The molecule has 3 rings (SSSR count). The second-order valence-electron chi connectivity index (χ2n) is 6.97. The minimum Gasteiger partial charge on any atom is -0.298 e. The van der Waals surface area contributed by atoms with Crippen molar-refractivity contribution in [1.29, 1.82) is 0 Å². The molecule has 0 radical (unpaired) electrons. The van der Waals surface area contributed by atoms with Crippen LogP contribution in [0.5, 0.6) is 0 Å². The summed E-state index contributed by atoms with van der Waals surface area (Å²) in [5, 5.41) is 0.832. The highest BCUT2D eigenvalue weighted by atomic mass is 35.5. The van der Waals surface area contributed by atoms with Crippen LogP contribution in [0.25, 0.3) is 0 Å². The van der Waals surface area contributed by atoms with Crippen molar-refractivity contribution in [2.75, 3.05) is 26.2 Å². The van der Waals surface area contributed by atoms with Crippen LogP contribution in [-0.2, 0) is 6.42 Å². The number of hydrogen-bond donors (Lipinski definition) is 0. The highest BCUT2D eigenvalue weighted by molar-refractivity contribution is 6.30. The average Bonchev–Trinajstić information content (AvgIpc) is 2.92. The fourth-order valence-electron chi connectivity index (χ4n) is 3.92. The summed E-state index contributed by atoms with van der Waals surface area (Å²) in [6.07, 6.45) is 3.91. The Morgan fingerprint density at radius 2 is 1.95 bits per heavy atom. The first-order valence-electron chi connectivity index (χ1n) is 8.36. The first-order valence-corrected chi connectivity index (χ1v) is 8.74. The summed E-state index contributed by atoms with van der Waals surface area (Å²) < 4.78 is 0. The van der Waals surface area contributed by atoms with Crippen LogP contribution in [0.1, 0.15) is 32.3 Å². The topological polar surface area (TPSA) is 6.48 Å². The maximum Gasteiger partial charge on any atom is 0.0406 e. The van der Waals surface area contributed by atoms with E-state index in [1.807, 2.05) is 12.1 Å². The standard InChI is InChI=1S/C18H27ClN2/c1-14(2)18-13-20-10-3-4-17(20)12-21(18)11-9-15-5-7-16(19)8-6-15/h5-8,14,17-18H,3-4,9-13H2,1-2H3. The van der Waals surface area contributed by atoms with Crippen molar-refractivity contribution >= 4 is 11.6 Å². The van der Waals surface area contributed by atoms with Gasteiger partial charge in [-0.2, -0.15) is 0 Å². The largest absolute Gasteiger partial charge is 0.298 e. The number of rotatable bonds is 4. The van der Waals surface area contributed by atoms with Gasteiger partial charge in [0, 0.05) is 36.7 Å². The second-order valence-corrected chi connectivity index (χ2v) is 7.41. The second kappa shape index (κ2) is 6.68. The summed E-state index contributed by atoms with van der Waals surface area (Å²) in [5.41, 5.74) is 1.40. The van der Waals surface area contributed by atoms with E-state index in [-0.39, 0.29) is 0 Å². The number of hydrogen-bond acceptors (Lipinski definition) is 2. The molecule has 3 heteroatoms. The molecule has 1 aromatic rings. The zero-order valence-electron chi connectivity index (χ0n) is 13.3. The summed E-state index contributed by atoms with van der Waals surface area (Å²) >= 11 is 5.97. The normalized spacial score (nSPS) is 27.2. The summed E-state index contributed by atoms with van der Waals surface area (Å²) in [7, 11) is 0. The number of halogens is 1. The van der Waals surface area contributed by atoms with Crippen LogP contribution in [0.15, 0.2) is 24.3 Å². The van der Waals surface area contributed by atoms with Crippen molar-refractivity contribution in [3.05, 3.63) is 34.9 Å². The van der Waals surface area contributed by atoms with Gasteiger partial charge in [-0.15, -0.1) is 0 Å². The van der Waals surface area contributed by atoms with Crippen LogP contribution in [-0.4, -0.2) is 48.1 Å². The van der Waals surface area contributed by atoms with Crippen LogP contribution < -0.4 is 0 Å². The van der Waals surface area contributed by atoms with Crippen LogP contribution >= 0.6 is 11.6 Å². The van der Waals surface area contributed by atoms with E-state index in [1.54, 1.807) is 0 Å². The molecule has 0 N–H and O–H groups in total. The molecule has 0 aromatic heterocycles. The lowest BCUT2D eigenvalue weighted by atomic mass is 9.96. The molecule has 2 saturated heterocycles. The maximum atomic E-state index is 5.97. The lowest BCUT2D eigenvalue weighted by molar-refractivity contribution is 0.0302. The molecule has 21 heavy (non-hydrogen) atoms. The average molecular weight is 307 g/mol. The first-order chi connectivity index (χ1) is 10.1. The molecule has 2 unspecified atom stereocenters. The Kier molecular flexibility index (Phi) is 4.88. The lowest BCUT2D eigenvalue weighted by Gasteiger charge is -2.45. The van der Waals surface area contributed by atoms with Gasteiger partial charge in [0.05, 0.1) is 0 Å². The van der Waals surface area contributed by atoms with Crippen LogP contribution in [0.2, 0.25) is 5.02 Å². The Labute approximate surface area is 134 Å². The molecule has 2 atom stereocenters. The van der Waals surface area contributed by atoms with Crippen LogP contribution in [0.3, 0.4) is 0 Å². The maximum absolute atomic E-state index is 5.97. The molecule has 2 aliphatic heterocycles. The van der Waals surface area contributed by atoms with Crippen molar-refractivity contribution in [1.82, 2.24) is 9.80 Å². The molecule has 0 bridgehead atoms. The van der Waals surface area contributed by atoms with E-state index in [2.05, 4.69) is 35.8 Å². The van der Waals surface area contributed by atoms with Gasteiger partial charge in [0.15, 0.2) is 0 Å². The predicted octanol–water partition coefficient (Wildman–Crippen LogP) is 3.69. The number of piperazine rings is 1. The SMILES string of the molecule is CC(C)C1CN2CCCC2CN1CCc1ccc(Cl)cc1.